The molecule has 7 rings (SSSR count). The van der Waals surface area contributed by atoms with Crippen LogP contribution in [-0.2, 0) is 4.79 Å². The van der Waals surface area contributed by atoms with Crippen molar-refractivity contribution in [1.29, 1.82) is 0 Å². The highest BCUT2D eigenvalue weighted by Crippen LogP contribution is 2.42. The average Bonchev–Trinajstić information content (AvgIpc) is 3.58. The second-order valence-corrected chi connectivity index (χ2v) is 10.1. The number of aromatic nitrogens is 6. The maximum atomic E-state index is 12.3. The number of carbonyl (C=O) groups excluding carboxylic acids is 1. The first kappa shape index (κ1) is 23.0. The molecule has 10 nitrogen and oxygen atoms in total. The van der Waals surface area contributed by atoms with Gasteiger partial charge in [-0.05, 0) is 30.2 Å². The lowest BCUT2D eigenvalue weighted by Gasteiger charge is -2.16. The maximum Gasteiger partial charge on any atom is 0.224 e. The molecular formula is C29H25N9O. The van der Waals surface area contributed by atoms with Crippen LogP contribution in [0.4, 0.5) is 11.4 Å². The topological polar surface area (TPSA) is 143 Å². The Hall–Kier alpha value is -5.12. The molecule has 0 radical (unpaired) electrons. The first-order valence-electron chi connectivity index (χ1n) is 12.8. The molecule has 192 valence electrons. The van der Waals surface area contributed by atoms with E-state index in [9.17, 15) is 4.79 Å². The van der Waals surface area contributed by atoms with Gasteiger partial charge in [-0.1, -0.05) is 19.9 Å². The van der Waals surface area contributed by atoms with E-state index in [4.69, 9.17) is 9.97 Å². The second-order valence-electron chi connectivity index (χ2n) is 10.1. The Morgan fingerprint density at radius 1 is 0.974 bits per heavy atom. The first-order chi connectivity index (χ1) is 19.0. The summed E-state index contributed by atoms with van der Waals surface area (Å²) in [5, 5.41) is 9.82. The molecule has 0 bridgehead atoms. The van der Waals surface area contributed by atoms with Crippen molar-refractivity contribution in [2.24, 2.45) is 5.92 Å². The highest BCUT2D eigenvalue weighted by molar-refractivity contribution is 5.96. The molecule has 1 unspecified atom stereocenters. The number of hydrogen-bond acceptors (Lipinski definition) is 8. The van der Waals surface area contributed by atoms with Crippen LogP contribution >= 0.6 is 0 Å². The molecule has 1 saturated heterocycles. The van der Waals surface area contributed by atoms with Gasteiger partial charge in [-0.2, -0.15) is 0 Å². The number of H-pyrrole nitrogens is 1. The SMILES string of the molecule is CC(C)CC(=O)Nc1cncc(-c2ccc3c(n2)C(c2nc4c(-c5cccnc5)cncc4[nH]2)=C2NC2N3)c1. The van der Waals surface area contributed by atoms with E-state index in [1.165, 1.54) is 0 Å². The number of rotatable bonds is 6. The number of imidazole rings is 1. The van der Waals surface area contributed by atoms with Gasteiger partial charge in [0.05, 0.1) is 57.5 Å². The fourth-order valence-electron chi connectivity index (χ4n) is 4.90. The monoisotopic (exact) mass is 515 g/mol. The molecule has 1 atom stereocenters. The largest absolute Gasteiger partial charge is 0.360 e. The van der Waals surface area contributed by atoms with Crippen LogP contribution in [0.3, 0.4) is 0 Å². The highest BCUT2D eigenvalue weighted by atomic mass is 16.1. The summed E-state index contributed by atoms with van der Waals surface area (Å²) >= 11 is 0. The third-order valence-corrected chi connectivity index (χ3v) is 6.72. The third-order valence-electron chi connectivity index (χ3n) is 6.72. The Morgan fingerprint density at radius 3 is 2.69 bits per heavy atom. The van der Waals surface area contributed by atoms with Crippen LogP contribution < -0.4 is 16.0 Å². The summed E-state index contributed by atoms with van der Waals surface area (Å²) in [5.74, 6) is 0.958. The molecule has 5 aromatic rings. The lowest BCUT2D eigenvalue weighted by molar-refractivity contribution is -0.116. The molecular weight excluding hydrogens is 490 g/mol. The van der Waals surface area contributed by atoms with Crippen LogP contribution in [0.2, 0.25) is 0 Å². The van der Waals surface area contributed by atoms with Crippen molar-refractivity contribution in [1.82, 2.24) is 35.2 Å². The Bertz CT molecular complexity index is 1770. The number of hydrogen-bond donors (Lipinski definition) is 4. The van der Waals surface area contributed by atoms with Gasteiger partial charge >= 0.3 is 0 Å². The van der Waals surface area contributed by atoms with E-state index in [0.29, 0.717) is 17.9 Å². The normalized spacial score (nSPS) is 15.4. The van der Waals surface area contributed by atoms with Gasteiger partial charge in [0, 0.05) is 47.9 Å². The standard InChI is InChI=1S/C29H25N9O/c1-15(2)8-23(39)33-18-9-17(11-31-12-18)20-5-6-21-26(34-20)24(27-29(35-21)38-27)28-36-22-14-32-13-19(25(22)37-28)16-4-3-7-30-10-16/h3-7,9-15,29,35,38H,8H2,1-2H3,(H,33,39)(H,36,37). The number of fused-ring (bicyclic) bond motifs is 3. The van der Waals surface area contributed by atoms with Crippen molar-refractivity contribution in [3.63, 3.8) is 0 Å². The van der Waals surface area contributed by atoms with Gasteiger partial charge in [0.25, 0.3) is 0 Å². The quantitative estimate of drug-likeness (QED) is 0.241. The minimum absolute atomic E-state index is 0.0329. The molecule has 0 aromatic carbocycles. The minimum Gasteiger partial charge on any atom is -0.360 e. The van der Waals surface area contributed by atoms with Crippen LogP contribution in [-0.4, -0.2) is 42.0 Å². The summed E-state index contributed by atoms with van der Waals surface area (Å²) in [7, 11) is 0. The zero-order chi connectivity index (χ0) is 26.5. The second kappa shape index (κ2) is 9.02. The van der Waals surface area contributed by atoms with Gasteiger partial charge in [-0.25, -0.2) is 9.97 Å². The van der Waals surface area contributed by atoms with Crippen LogP contribution in [0.15, 0.2) is 73.2 Å². The lowest BCUT2D eigenvalue weighted by atomic mass is 10.0. The van der Waals surface area contributed by atoms with E-state index in [1.807, 2.05) is 56.6 Å². The van der Waals surface area contributed by atoms with Crippen molar-refractivity contribution < 1.29 is 4.79 Å². The Morgan fingerprint density at radius 2 is 1.85 bits per heavy atom. The minimum atomic E-state index is -0.0329. The van der Waals surface area contributed by atoms with Crippen molar-refractivity contribution in [2.75, 3.05) is 10.6 Å². The number of amides is 1. The van der Waals surface area contributed by atoms with Gasteiger partial charge < -0.3 is 20.9 Å². The van der Waals surface area contributed by atoms with Gasteiger partial charge in [-0.3, -0.25) is 19.7 Å². The lowest BCUT2D eigenvalue weighted by Crippen LogP contribution is -2.14. The van der Waals surface area contributed by atoms with Crippen LogP contribution in [0.5, 0.6) is 0 Å². The average molecular weight is 516 g/mol. The number of anilines is 2. The van der Waals surface area contributed by atoms with Gasteiger partial charge in [0.15, 0.2) is 0 Å². The third kappa shape index (κ3) is 4.25. The van der Waals surface area contributed by atoms with Crippen molar-refractivity contribution >= 4 is 33.9 Å². The molecule has 1 amide bonds. The first-order valence-corrected chi connectivity index (χ1v) is 12.8. The van der Waals surface area contributed by atoms with Gasteiger partial charge in [-0.15, -0.1) is 0 Å². The van der Waals surface area contributed by atoms with E-state index >= 15 is 0 Å². The van der Waals surface area contributed by atoms with Gasteiger partial charge in [0.2, 0.25) is 5.91 Å². The van der Waals surface area contributed by atoms with Crippen molar-refractivity contribution in [2.45, 2.75) is 26.4 Å². The summed E-state index contributed by atoms with van der Waals surface area (Å²) in [4.78, 5) is 38.8. The highest BCUT2D eigenvalue weighted by Gasteiger charge is 2.40. The van der Waals surface area contributed by atoms with E-state index in [-0.39, 0.29) is 18.0 Å². The van der Waals surface area contributed by atoms with Crippen molar-refractivity contribution in [3.05, 3.63) is 84.7 Å². The molecule has 7 heterocycles. The molecule has 0 spiro atoms. The summed E-state index contributed by atoms with van der Waals surface area (Å²) in [5.41, 5.74) is 9.36. The smallest absolute Gasteiger partial charge is 0.224 e. The zero-order valence-electron chi connectivity index (χ0n) is 21.4. The Balaban J connectivity index is 1.28. The molecule has 10 heteroatoms. The van der Waals surface area contributed by atoms with Crippen LogP contribution in [0.25, 0.3) is 39.0 Å². The molecule has 4 N–H and O–H groups in total. The van der Waals surface area contributed by atoms with E-state index < -0.39 is 0 Å². The maximum absolute atomic E-state index is 12.3. The van der Waals surface area contributed by atoms with E-state index in [1.54, 1.807) is 24.8 Å². The van der Waals surface area contributed by atoms with E-state index in [0.717, 1.165) is 56.1 Å². The number of nitrogens with one attached hydrogen (secondary N) is 4. The fraction of sp³-hybridized carbons (Fsp3) is 0.172. The Labute approximate surface area is 224 Å². The molecule has 2 aliphatic heterocycles. The molecule has 5 aromatic heterocycles. The summed E-state index contributed by atoms with van der Waals surface area (Å²) < 4.78 is 0. The predicted molar refractivity (Wildman–Crippen MR) is 149 cm³/mol. The van der Waals surface area contributed by atoms with Gasteiger partial charge in [0.1, 0.15) is 12.0 Å². The summed E-state index contributed by atoms with van der Waals surface area (Å²) in [6, 6.07) is 9.77. The van der Waals surface area contributed by atoms with Crippen LogP contribution in [0, 0.1) is 5.92 Å². The fourth-order valence-corrected chi connectivity index (χ4v) is 4.90. The summed E-state index contributed by atoms with van der Waals surface area (Å²) in [6.07, 6.45) is 11.1. The number of carbonyl (C=O) groups is 1. The molecule has 39 heavy (non-hydrogen) atoms. The van der Waals surface area contributed by atoms with Crippen molar-refractivity contribution in [3.8, 4) is 22.4 Å². The summed E-state index contributed by atoms with van der Waals surface area (Å²) in [6.45, 7) is 4.03. The molecule has 0 saturated carbocycles. The Kier molecular flexibility index (Phi) is 5.32. The van der Waals surface area contributed by atoms with Crippen LogP contribution in [0.1, 0.15) is 31.8 Å². The predicted octanol–water partition coefficient (Wildman–Crippen LogP) is 4.58. The zero-order valence-corrected chi connectivity index (χ0v) is 21.4. The number of nitrogens with zero attached hydrogens (tertiary/aromatic N) is 5. The van der Waals surface area contributed by atoms with E-state index in [2.05, 4.69) is 35.9 Å². The number of pyridine rings is 4. The molecule has 1 fully saturated rings. The molecule has 0 aliphatic carbocycles. The number of aromatic amines is 1. The molecule has 2 aliphatic rings.